The van der Waals surface area contributed by atoms with Crippen LogP contribution >= 0.6 is 0 Å². The van der Waals surface area contributed by atoms with Crippen molar-refractivity contribution in [1.29, 1.82) is 0 Å². The van der Waals surface area contributed by atoms with Crippen LogP contribution in [0.1, 0.15) is 19.3 Å². The Morgan fingerprint density at radius 3 is 2.83 bits per heavy atom. The molecule has 1 saturated heterocycles. The Kier molecular flexibility index (Phi) is 4.46. The molecule has 1 aliphatic carbocycles. The summed E-state index contributed by atoms with van der Waals surface area (Å²) in [5.41, 5.74) is 0.136. The number of sulfone groups is 1. The van der Waals surface area contributed by atoms with Gasteiger partial charge in [0.25, 0.3) is 0 Å². The average Bonchev–Trinajstić information content (AvgIpc) is 2.88. The molecule has 7 nitrogen and oxygen atoms in total. The maximum absolute atomic E-state index is 12.1. The smallest absolute Gasteiger partial charge is 0.234 e. The van der Waals surface area contributed by atoms with E-state index in [9.17, 15) is 13.2 Å². The summed E-state index contributed by atoms with van der Waals surface area (Å²) < 4.78 is 24.9. The van der Waals surface area contributed by atoms with E-state index in [1.165, 1.54) is 0 Å². The fourth-order valence-electron chi connectivity index (χ4n) is 3.13. The second-order valence-corrected chi connectivity index (χ2v) is 9.18. The molecule has 0 unspecified atom stereocenters. The fraction of sp³-hybridized carbons (Fsp3) is 0.733. The van der Waals surface area contributed by atoms with Crippen LogP contribution in [0.5, 0.6) is 0 Å². The Balaban J connectivity index is 1.43. The van der Waals surface area contributed by atoms with Crippen molar-refractivity contribution >= 4 is 15.7 Å². The molecule has 0 bridgehead atoms. The van der Waals surface area contributed by atoms with E-state index in [0.717, 1.165) is 19.4 Å². The zero-order chi connectivity index (χ0) is 16.5. The van der Waals surface area contributed by atoms with Gasteiger partial charge >= 0.3 is 0 Å². The lowest BCUT2D eigenvalue weighted by Gasteiger charge is -2.23. The standard InChI is InChI=1S/C15H24N4O3S/c1-18(13-3-8-23(21,22)10-13)9-14(20)16-11-15(4-5-15)12-19-7-2-6-17-19/h2,6-7,13H,3-5,8-12H2,1H3,(H,16,20)/t13-/m1/s1. The molecule has 0 spiro atoms. The maximum Gasteiger partial charge on any atom is 0.234 e. The fourth-order valence-corrected chi connectivity index (χ4v) is 4.93. The van der Waals surface area contributed by atoms with Gasteiger partial charge in [0, 0.05) is 36.9 Å². The molecule has 0 aromatic carbocycles. The molecule has 2 aliphatic rings. The molecule has 23 heavy (non-hydrogen) atoms. The largest absolute Gasteiger partial charge is 0.354 e. The quantitative estimate of drug-likeness (QED) is 0.749. The molecule has 1 atom stereocenters. The van der Waals surface area contributed by atoms with E-state index in [1.54, 1.807) is 6.20 Å². The van der Waals surface area contributed by atoms with Crippen molar-refractivity contribution < 1.29 is 13.2 Å². The number of likely N-dealkylation sites (N-methyl/N-ethyl adjacent to an activating group) is 1. The SMILES string of the molecule is CN(CC(=O)NCC1(Cn2cccn2)CC1)[C@@H]1CCS(=O)(=O)C1. The second kappa shape index (κ2) is 6.24. The average molecular weight is 340 g/mol. The highest BCUT2D eigenvalue weighted by Crippen LogP contribution is 2.46. The molecule has 1 saturated carbocycles. The molecule has 1 aromatic heterocycles. The van der Waals surface area contributed by atoms with Gasteiger partial charge in [-0.15, -0.1) is 0 Å². The number of amides is 1. The third kappa shape index (κ3) is 4.32. The number of aromatic nitrogens is 2. The molecule has 128 valence electrons. The number of rotatable bonds is 7. The molecule has 2 fully saturated rings. The zero-order valence-electron chi connectivity index (χ0n) is 13.4. The van der Waals surface area contributed by atoms with E-state index < -0.39 is 9.84 Å². The molecule has 0 radical (unpaired) electrons. The molecule has 1 aliphatic heterocycles. The summed E-state index contributed by atoms with van der Waals surface area (Å²) in [6.45, 7) is 1.73. The number of hydrogen-bond donors (Lipinski definition) is 1. The van der Waals surface area contributed by atoms with Gasteiger partial charge in [-0.1, -0.05) is 0 Å². The summed E-state index contributed by atoms with van der Waals surface area (Å²) in [7, 11) is -1.09. The van der Waals surface area contributed by atoms with Crippen LogP contribution in [0, 0.1) is 5.41 Å². The van der Waals surface area contributed by atoms with Gasteiger partial charge in [0.15, 0.2) is 9.84 Å². The summed E-state index contributed by atoms with van der Waals surface area (Å²) in [5.74, 6) is 0.361. The topological polar surface area (TPSA) is 84.3 Å². The summed E-state index contributed by atoms with van der Waals surface area (Å²) in [4.78, 5) is 14.0. The van der Waals surface area contributed by atoms with Crippen LogP contribution < -0.4 is 5.32 Å². The predicted molar refractivity (Wildman–Crippen MR) is 86.6 cm³/mol. The third-order valence-electron chi connectivity index (χ3n) is 4.90. The zero-order valence-corrected chi connectivity index (χ0v) is 14.3. The van der Waals surface area contributed by atoms with Crippen LogP contribution in [0.15, 0.2) is 18.5 Å². The lowest BCUT2D eigenvalue weighted by molar-refractivity contribution is -0.122. The van der Waals surface area contributed by atoms with Crippen molar-refractivity contribution in [2.24, 2.45) is 5.41 Å². The minimum absolute atomic E-state index is 0.0373. The first-order valence-electron chi connectivity index (χ1n) is 8.02. The number of hydrogen-bond acceptors (Lipinski definition) is 5. The minimum Gasteiger partial charge on any atom is -0.354 e. The first kappa shape index (κ1) is 16.4. The van der Waals surface area contributed by atoms with Gasteiger partial charge in [0.1, 0.15) is 0 Å². The maximum atomic E-state index is 12.1. The molecular formula is C15H24N4O3S. The Morgan fingerprint density at radius 2 is 2.26 bits per heavy atom. The van der Waals surface area contributed by atoms with Crippen molar-refractivity contribution in [3.05, 3.63) is 18.5 Å². The lowest BCUT2D eigenvalue weighted by Crippen LogP contribution is -2.43. The van der Waals surface area contributed by atoms with Crippen LogP contribution in [0.4, 0.5) is 0 Å². The van der Waals surface area contributed by atoms with Crippen molar-refractivity contribution in [3.63, 3.8) is 0 Å². The molecule has 3 rings (SSSR count). The highest BCUT2D eigenvalue weighted by molar-refractivity contribution is 7.91. The first-order chi connectivity index (χ1) is 10.9. The Morgan fingerprint density at radius 1 is 1.48 bits per heavy atom. The van der Waals surface area contributed by atoms with E-state index in [-0.39, 0.29) is 35.4 Å². The lowest BCUT2D eigenvalue weighted by atomic mass is 10.1. The summed E-state index contributed by atoms with van der Waals surface area (Å²) in [6.07, 6.45) is 6.53. The van der Waals surface area contributed by atoms with Crippen LogP contribution in [0.3, 0.4) is 0 Å². The number of carbonyl (C=O) groups is 1. The summed E-state index contributed by atoms with van der Waals surface area (Å²) in [6, 6.07) is 1.86. The summed E-state index contributed by atoms with van der Waals surface area (Å²) in [5, 5.41) is 7.22. The van der Waals surface area contributed by atoms with Crippen LogP contribution in [0.25, 0.3) is 0 Å². The molecule has 1 aromatic rings. The van der Waals surface area contributed by atoms with Crippen LogP contribution in [-0.2, 0) is 21.2 Å². The first-order valence-corrected chi connectivity index (χ1v) is 9.84. The third-order valence-corrected chi connectivity index (χ3v) is 6.65. The van der Waals surface area contributed by atoms with Crippen LogP contribution in [-0.4, -0.2) is 66.7 Å². The number of carbonyl (C=O) groups excluding carboxylic acids is 1. The van der Waals surface area contributed by atoms with E-state index >= 15 is 0 Å². The Bertz CT molecular complexity index is 652. The number of nitrogens with one attached hydrogen (secondary N) is 1. The molecular weight excluding hydrogens is 316 g/mol. The highest BCUT2D eigenvalue weighted by atomic mass is 32.2. The van der Waals surface area contributed by atoms with Gasteiger partial charge in [-0.25, -0.2) is 8.42 Å². The van der Waals surface area contributed by atoms with Gasteiger partial charge < -0.3 is 5.32 Å². The molecule has 8 heteroatoms. The van der Waals surface area contributed by atoms with Crippen molar-refractivity contribution in [2.45, 2.75) is 31.8 Å². The minimum atomic E-state index is -2.91. The normalized spacial score (nSPS) is 24.7. The molecule has 1 amide bonds. The Hall–Kier alpha value is -1.41. The van der Waals surface area contributed by atoms with Crippen molar-refractivity contribution in [2.75, 3.05) is 31.6 Å². The van der Waals surface area contributed by atoms with Crippen LogP contribution in [0.2, 0.25) is 0 Å². The van der Waals surface area contributed by atoms with E-state index in [0.29, 0.717) is 13.0 Å². The second-order valence-electron chi connectivity index (χ2n) is 6.95. The van der Waals surface area contributed by atoms with Gasteiger partial charge in [0.2, 0.25) is 5.91 Å². The van der Waals surface area contributed by atoms with E-state index in [2.05, 4.69) is 10.4 Å². The molecule has 2 heterocycles. The van der Waals surface area contributed by atoms with Crippen molar-refractivity contribution in [3.8, 4) is 0 Å². The van der Waals surface area contributed by atoms with Crippen molar-refractivity contribution in [1.82, 2.24) is 20.0 Å². The molecule has 1 N–H and O–H groups in total. The Labute approximate surface area is 137 Å². The van der Waals surface area contributed by atoms with E-state index in [1.807, 2.05) is 28.9 Å². The van der Waals surface area contributed by atoms with Gasteiger partial charge in [0.05, 0.1) is 18.1 Å². The van der Waals surface area contributed by atoms with Gasteiger partial charge in [-0.2, -0.15) is 5.10 Å². The number of nitrogens with zero attached hydrogens (tertiary/aromatic N) is 3. The monoisotopic (exact) mass is 340 g/mol. The van der Waals surface area contributed by atoms with Gasteiger partial charge in [-0.3, -0.25) is 14.4 Å². The van der Waals surface area contributed by atoms with Gasteiger partial charge in [-0.05, 0) is 32.4 Å². The highest BCUT2D eigenvalue weighted by Gasteiger charge is 2.43. The summed E-state index contributed by atoms with van der Waals surface area (Å²) >= 11 is 0. The predicted octanol–water partition coefficient (Wildman–Crippen LogP) is -0.102. The van der Waals surface area contributed by atoms with E-state index in [4.69, 9.17) is 0 Å².